The zero-order valence-electron chi connectivity index (χ0n) is 20.8. The van der Waals surface area contributed by atoms with Crippen LogP contribution in [0.25, 0.3) is 65.7 Å². The number of rotatable bonds is 3. The Hall–Kier alpha value is -4.68. The molecule has 0 spiro atoms. The molecule has 0 saturated carbocycles. The van der Waals surface area contributed by atoms with E-state index in [0.717, 1.165) is 16.7 Å². The molecule has 0 bridgehead atoms. The molecule has 0 heteroatoms. The van der Waals surface area contributed by atoms with Crippen molar-refractivity contribution in [2.24, 2.45) is 0 Å². The van der Waals surface area contributed by atoms with E-state index >= 15 is 0 Å². The van der Waals surface area contributed by atoms with E-state index < -0.39 is 0 Å². The van der Waals surface area contributed by atoms with Crippen LogP contribution in [-0.2, 0) is 0 Å². The van der Waals surface area contributed by atoms with E-state index in [0.29, 0.717) is 6.04 Å². The van der Waals surface area contributed by atoms with Gasteiger partial charge in [0, 0.05) is 0 Å². The molecule has 168 valence electrons. The van der Waals surface area contributed by atoms with Crippen molar-refractivity contribution in [1.29, 1.82) is 0 Å². The van der Waals surface area contributed by atoms with Gasteiger partial charge in [0.1, 0.15) is 0 Å². The fraction of sp³-hybridized carbons (Fsp3) is 0. The van der Waals surface area contributed by atoms with E-state index in [4.69, 9.17) is 1.37 Å². The van der Waals surface area contributed by atoms with E-state index in [9.17, 15) is 0 Å². The Morgan fingerprint density at radius 2 is 0.806 bits per heavy atom. The van der Waals surface area contributed by atoms with Crippen LogP contribution in [0, 0.1) is 0 Å². The van der Waals surface area contributed by atoms with E-state index in [-0.39, 0.29) is 0 Å². The van der Waals surface area contributed by atoms with Gasteiger partial charge in [-0.1, -0.05) is 140 Å². The zero-order chi connectivity index (χ0) is 24.8. The predicted octanol–water partition coefficient (Wildman–Crippen LogP) is 10.1. The number of benzene rings is 7. The van der Waals surface area contributed by atoms with Crippen LogP contribution in [0.15, 0.2) is 146 Å². The fourth-order valence-corrected chi connectivity index (χ4v) is 5.47. The summed E-state index contributed by atoms with van der Waals surface area (Å²) in [6, 6.07) is 49.6. The molecule has 0 radical (unpaired) electrons. The molecule has 0 aliphatic heterocycles. The molecule has 0 aliphatic rings. The molecule has 0 N–H and O–H groups in total. The van der Waals surface area contributed by atoms with Gasteiger partial charge in [0.25, 0.3) is 0 Å². The van der Waals surface area contributed by atoms with Crippen LogP contribution in [0.2, 0.25) is 0 Å². The van der Waals surface area contributed by atoms with E-state index in [1.807, 2.05) is 6.07 Å². The third-order valence-corrected chi connectivity index (χ3v) is 7.16. The summed E-state index contributed by atoms with van der Waals surface area (Å²) in [5.41, 5.74) is 6.75. The lowest BCUT2D eigenvalue weighted by Crippen LogP contribution is -1.90. The number of hydrogen-bond donors (Lipinski definition) is 0. The van der Waals surface area contributed by atoms with E-state index in [1.54, 1.807) is 0 Å². The third-order valence-electron chi connectivity index (χ3n) is 7.16. The fourth-order valence-electron chi connectivity index (χ4n) is 5.47. The van der Waals surface area contributed by atoms with Gasteiger partial charge in [0.15, 0.2) is 0 Å². The summed E-state index contributed by atoms with van der Waals surface area (Å²) in [6.45, 7) is 0. The first-order chi connectivity index (χ1) is 18.3. The Balaban J connectivity index is 1.47. The Labute approximate surface area is 212 Å². The highest BCUT2D eigenvalue weighted by Crippen LogP contribution is 2.43. The molecule has 0 aromatic heterocycles. The quantitative estimate of drug-likeness (QED) is 0.232. The molecule has 0 nitrogen and oxygen atoms in total. The molecule has 0 aliphatic carbocycles. The summed E-state index contributed by atoms with van der Waals surface area (Å²) in [5, 5.41) is 7.28. The summed E-state index contributed by atoms with van der Waals surface area (Å²) in [5.74, 6) is 0. The van der Waals surface area contributed by atoms with Crippen LogP contribution in [0.5, 0.6) is 0 Å². The maximum atomic E-state index is 9.00. The summed E-state index contributed by atoms with van der Waals surface area (Å²) < 4.78 is 9.00. The predicted molar refractivity (Wildman–Crippen MR) is 155 cm³/mol. The summed E-state index contributed by atoms with van der Waals surface area (Å²) in [4.78, 5) is 0. The monoisotopic (exact) mass is 457 g/mol. The SMILES string of the molecule is [2H]c1cc(-c2c3ccccc3c(-c3ccccc3)c3ccccc23)ccc1-c1ccc2ccccc2c1. The van der Waals surface area contributed by atoms with Crippen molar-refractivity contribution in [2.75, 3.05) is 0 Å². The lowest BCUT2D eigenvalue weighted by Gasteiger charge is -2.18. The lowest BCUT2D eigenvalue weighted by atomic mass is 9.86. The second-order valence-electron chi connectivity index (χ2n) is 9.26. The van der Waals surface area contributed by atoms with Crippen molar-refractivity contribution >= 4 is 32.3 Å². The van der Waals surface area contributed by atoms with Gasteiger partial charge >= 0.3 is 0 Å². The van der Waals surface area contributed by atoms with Crippen molar-refractivity contribution in [1.82, 2.24) is 0 Å². The molecule has 0 fully saturated rings. The van der Waals surface area contributed by atoms with E-state index in [2.05, 4.69) is 133 Å². The highest BCUT2D eigenvalue weighted by Gasteiger charge is 2.16. The molecule has 0 atom stereocenters. The lowest BCUT2D eigenvalue weighted by molar-refractivity contribution is 1.62. The molecular formula is C36H24. The average molecular weight is 458 g/mol. The van der Waals surface area contributed by atoms with Gasteiger partial charge < -0.3 is 0 Å². The van der Waals surface area contributed by atoms with Crippen LogP contribution in [0.4, 0.5) is 0 Å². The molecule has 0 heterocycles. The number of fused-ring (bicyclic) bond motifs is 3. The highest BCUT2D eigenvalue weighted by atomic mass is 14.2. The van der Waals surface area contributed by atoms with Crippen LogP contribution >= 0.6 is 0 Å². The zero-order valence-corrected chi connectivity index (χ0v) is 19.8. The van der Waals surface area contributed by atoms with Gasteiger partial charge in [0.05, 0.1) is 1.37 Å². The molecular weight excluding hydrogens is 432 g/mol. The second-order valence-corrected chi connectivity index (χ2v) is 9.26. The summed E-state index contributed by atoms with van der Waals surface area (Å²) in [6.07, 6.45) is 0. The van der Waals surface area contributed by atoms with Crippen LogP contribution in [0.1, 0.15) is 1.37 Å². The Bertz CT molecular complexity index is 1880. The van der Waals surface area contributed by atoms with Crippen molar-refractivity contribution in [3.8, 4) is 33.4 Å². The molecule has 0 amide bonds. The third kappa shape index (κ3) is 3.39. The second kappa shape index (κ2) is 8.52. The minimum absolute atomic E-state index is 0.535. The van der Waals surface area contributed by atoms with Crippen LogP contribution in [0.3, 0.4) is 0 Å². The average Bonchev–Trinajstić information content (AvgIpc) is 2.96. The van der Waals surface area contributed by atoms with Crippen molar-refractivity contribution < 1.29 is 1.37 Å². The smallest absolute Gasteiger partial charge is 0.0622 e. The molecule has 7 aromatic rings. The van der Waals surface area contributed by atoms with Gasteiger partial charge in [-0.2, -0.15) is 0 Å². The first-order valence-electron chi connectivity index (χ1n) is 12.9. The van der Waals surface area contributed by atoms with E-state index in [1.165, 1.54) is 49.0 Å². The number of hydrogen-bond acceptors (Lipinski definition) is 0. The maximum absolute atomic E-state index is 9.00. The topological polar surface area (TPSA) is 0 Å². The molecule has 0 unspecified atom stereocenters. The first-order valence-corrected chi connectivity index (χ1v) is 12.4. The van der Waals surface area contributed by atoms with Gasteiger partial charge in [-0.05, 0) is 71.8 Å². The van der Waals surface area contributed by atoms with Crippen molar-refractivity contribution in [2.45, 2.75) is 0 Å². The minimum atomic E-state index is 0.535. The van der Waals surface area contributed by atoms with Crippen molar-refractivity contribution in [3.05, 3.63) is 146 Å². The first kappa shape index (κ1) is 19.6. The molecule has 7 rings (SSSR count). The molecule has 36 heavy (non-hydrogen) atoms. The Morgan fingerprint density at radius 3 is 1.42 bits per heavy atom. The maximum Gasteiger partial charge on any atom is 0.0629 e. The van der Waals surface area contributed by atoms with Crippen LogP contribution in [-0.4, -0.2) is 0 Å². The Kier molecular flexibility index (Phi) is 4.64. The van der Waals surface area contributed by atoms with Crippen molar-refractivity contribution in [3.63, 3.8) is 0 Å². The summed E-state index contributed by atoms with van der Waals surface area (Å²) >= 11 is 0. The van der Waals surface area contributed by atoms with Gasteiger partial charge in [-0.25, -0.2) is 0 Å². The van der Waals surface area contributed by atoms with Crippen LogP contribution < -0.4 is 0 Å². The highest BCUT2D eigenvalue weighted by molar-refractivity contribution is 6.21. The largest absolute Gasteiger partial charge is 0.0629 e. The Morgan fingerprint density at radius 1 is 0.333 bits per heavy atom. The van der Waals surface area contributed by atoms with Gasteiger partial charge in [-0.15, -0.1) is 0 Å². The minimum Gasteiger partial charge on any atom is -0.0622 e. The molecule has 0 saturated heterocycles. The van der Waals surface area contributed by atoms with Gasteiger partial charge in [-0.3, -0.25) is 0 Å². The molecule has 7 aromatic carbocycles. The normalized spacial score (nSPS) is 11.7. The van der Waals surface area contributed by atoms with Gasteiger partial charge in [0.2, 0.25) is 0 Å². The summed E-state index contributed by atoms with van der Waals surface area (Å²) in [7, 11) is 0. The standard InChI is InChI=1S/C36H24/c1-2-11-27(12-3-1)35-31-14-6-8-16-33(31)36(34-17-9-7-15-32(34)35)28-21-18-26(19-22-28)30-23-20-25-10-4-5-13-29(25)24-30/h1-24H/i18D.